The van der Waals surface area contributed by atoms with E-state index in [2.05, 4.69) is 5.16 Å². The summed E-state index contributed by atoms with van der Waals surface area (Å²) in [5.74, 6) is 0.0562. The molecule has 19 heavy (non-hydrogen) atoms. The van der Waals surface area contributed by atoms with Crippen LogP contribution in [0.5, 0.6) is 0 Å². The summed E-state index contributed by atoms with van der Waals surface area (Å²) in [7, 11) is 0. The van der Waals surface area contributed by atoms with Gasteiger partial charge in [-0.25, -0.2) is 0 Å². The van der Waals surface area contributed by atoms with E-state index in [1.807, 2.05) is 11.8 Å². The highest BCUT2D eigenvalue weighted by molar-refractivity contribution is 6.07. The largest absolute Gasteiger partial charge is 0.409 e. The second-order valence-electron chi connectivity index (χ2n) is 5.39. The maximum absolute atomic E-state index is 12.7. The molecule has 6 heteroatoms. The fraction of sp³-hybridized carbons (Fsp3) is 0.846. The highest BCUT2D eigenvalue weighted by Gasteiger charge is 2.50. The molecule has 1 heterocycles. The number of hydrogen-bond acceptors (Lipinski definition) is 4. The lowest BCUT2D eigenvalue weighted by molar-refractivity contribution is -0.146. The molecule has 0 spiro atoms. The predicted molar refractivity (Wildman–Crippen MR) is 70.9 cm³/mol. The van der Waals surface area contributed by atoms with Crippen molar-refractivity contribution in [2.24, 2.45) is 16.3 Å². The minimum Gasteiger partial charge on any atom is -0.409 e. The summed E-state index contributed by atoms with van der Waals surface area (Å²) in [6, 6.07) is 0. The summed E-state index contributed by atoms with van der Waals surface area (Å²) in [5, 5.41) is 12.0. The zero-order valence-electron chi connectivity index (χ0n) is 11.5. The molecular formula is C13H23N3O3. The van der Waals surface area contributed by atoms with Crippen LogP contribution in [0, 0.1) is 5.41 Å². The molecule has 108 valence electrons. The summed E-state index contributed by atoms with van der Waals surface area (Å²) in [4.78, 5) is 14.5. The van der Waals surface area contributed by atoms with Crippen LogP contribution in [-0.4, -0.2) is 47.7 Å². The summed E-state index contributed by atoms with van der Waals surface area (Å²) in [5.41, 5.74) is 4.97. The van der Waals surface area contributed by atoms with Gasteiger partial charge in [-0.15, -0.1) is 0 Å². The summed E-state index contributed by atoms with van der Waals surface area (Å²) in [6.07, 6.45) is 4.36. The topological polar surface area (TPSA) is 88.2 Å². The van der Waals surface area contributed by atoms with Gasteiger partial charge < -0.3 is 20.6 Å². The van der Waals surface area contributed by atoms with Crippen molar-refractivity contribution in [1.29, 1.82) is 0 Å². The van der Waals surface area contributed by atoms with Gasteiger partial charge in [0.15, 0.2) is 5.84 Å². The number of ether oxygens (including phenoxy) is 1. The third-order valence-electron chi connectivity index (χ3n) is 4.28. The minimum absolute atomic E-state index is 0.00143. The summed E-state index contributed by atoms with van der Waals surface area (Å²) in [6.45, 7) is 3.98. The molecule has 0 aromatic carbocycles. The van der Waals surface area contributed by atoms with Crippen LogP contribution >= 0.6 is 0 Å². The Morgan fingerprint density at radius 1 is 1.53 bits per heavy atom. The Balaban J connectivity index is 2.06. The number of amides is 1. The van der Waals surface area contributed by atoms with Gasteiger partial charge in [-0.1, -0.05) is 11.6 Å². The second-order valence-corrected chi connectivity index (χ2v) is 5.39. The first-order valence-electron chi connectivity index (χ1n) is 7.03. The molecule has 1 unspecified atom stereocenters. The van der Waals surface area contributed by atoms with Crippen molar-refractivity contribution >= 4 is 11.7 Å². The third kappa shape index (κ3) is 2.54. The van der Waals surface area contributed by atoms with Gasteiger partial charge in [0.25, 0.3) is 0 Å². The molecule has 6 nitrogen and oxygen atoms in total. The van der Waals surface area contributed by atoms with Crippen molar-refractivity contribution in [3.63, 3.8) is 0 Å². The molecule has 0 bridgehead atoms. The fourth-order valence-corrected chi connectivity index (χ4v) is 3.00. The SMILES string of the molecule is CCOC1CCCN(C(=O)C2(C(N)=NO)CCC2)C1. The van der Waals surface area contributed by atoms with Crippen molar-refractivity contribution in [3.8, 4) is 0 Å². The van der Waals surface area contributed by atoms with Crippen molar-refractivity contribution in [3.05, 3.63) is 0 Å². The number of oxime groups is 1. The van der Waals surface area contributed by atoms with Crippen molar-refractivity contribution < 1.29 is 14.7 Å². The molecule has 2 fully saturated rings. The van der Waals surface area contributed by atoms with E-state index in [0.29, 0.717) is 26.0 Å². The highest BCUT2D eigenvalue weighted by atomic mass is 16.5. The van der Waals surface area contributed by atoms with Crippen molar-refractivity contribution in [1.82, 2.24) is 4.90 Å². The zero-order chi connectivity index (χ0) is 13.9. The normalized spacial score (nSPS) is 26.9. The van der Waals surface area contributed by atoms with Crippen LogP contribution in [0.25, 0.3) is 0 Å². The van der Waals surface area contributed by atoms with E-state index in [4.69, 9.17) is 15.7 Å². The number of carbonyl (C=O) groups is 1. The standard InChI is InChI=1S/C13H23N3O3/c1-2-19-10-5-3-8-16(9-10)12(17)13(6-4-7-13)11(14)15-18/h10,18H,2-9H2,1H3,(H2,14,15). The Morgan fingerprint density at radius 2 is 2.26 bits per heavy atom. The van der Waals surface area contributed by atoms with Crippen LogP contribution in [0.3, 0.4) is 0 Å². The molecule has 0 aromatic rings. The molecule has 2 aliphatic rings. The van der Waals surface area contributed by atoms with Gasteiger partial charge in [0.1, 0.15) is 5.41 Å². The number of piperidine rings is 1. The molecule has 1 saturated heterocycles. The molecule has 1 saturated carbocycles. The number of rotatable bonds is 4. The minimum atomic E-state index is -0.761. The van der Waals surface area contributed by atoms with E-state index in [0.717, 1.165) is 25.8 Å². The quantitative estimate of drug-likeness (QED) is 0.344. The molecule has 1 atom stereocenters. The maximum Gasteiger partial charge on any atom is 0.236 e. The zero-order valence-corrected chi connectivity index (χ0v) is 11.5. The first-order valence-corrected chi connectivity index (χ1v) is 7.03. The average molecular weight is 269 g/mol. The predicted octanol–water partition coefficient (Wildman–Crippen LogP) is 0.931. The first kappa shape index (κ1) is 14.1. The Kier molecular flexibility index (Phi) is 4.29. The van der Waals surface area contributed by atoms with Gasteiger partial charge in [-0.3, -0.25) is 4.79 Å². The van der Waals surface area contributed by atoms with Gasteiger partial charge >= 0.3 is 0 Å². The first-order chi connectivity index (χ1) is 9.14. The van der Waals surface area contributed by atoms with E-state index in [1.165, 1.54) is 0 Å². The summed E-state index contributed by atoms with van der Waals surface area (Å²) >= 11 is 0. The molecule has 0 aromatic heterocycles. The molecule has 1 aliphatic carbocycles. The lowest BCUT2D eigenvalue weighted by atomic mass is 9.66. The van der Waals surface area contributed by atoms with E-state index in [-0.39, 0.29) is 17.8 Å². The fourth-order valence-electron chi connectivity index (χ4n) is 3.00. The van der Waals surface area contributed by atoms with E-state index in [1.54, 1.807) is 0 Å². The van der Waals surface area contributed by atoms with E-state index < -0.39 is 5.41 Å². The lowest BCUT2D eigenvalue weighted by Crippen LogP contribution is -2.57. The van der Waals surface area contributed by atoms with Gasteiger partial charge in [0.2, 0.25) is 5.91 Å². The van der Waals surface area contributed by atoms with Gasteiger partial charge in [-0.05, 0) is 32.6 Å². The Bertz CT molecular complexity index is 364. The molecule has 3 N–H and O–H groups in total. The van der Waals surface area contributed by atoms with Crippen LogP contribution in [0.15, 0.2) is 5.16 Å². The Labute approximate surface area is 113 Å². The third-order valence-corrected chi connectivity index (χ3v) is 4.28. The molecular weight excluding hydrogens is 246 g/mol. The van der Waals surface area contributed by atoms with Crippen LogP contribution in [0.4, 0.5) is 0 Å². The molecule has 1 aliphatic heterocycles. The monoisotopic (exact) mass is 269 g/mol. The Hall–Kier alpha value is -1.30. The van der Waals surface area contributed by atoms with E-state index >= 15 is 0 Å². The van der Waals surface area contributed by atoms with Gasteiger partial charge in [0, 0.05) is 19.7 Å². The Morgan fingerprint density at radius 3 is 2.79 bits per heavy atom. The lowest BCUT2D eigenvalue weighted by Gasteiger charge is -2.44. The van der Waals surface area contributed by atoms with E-state index in [9.17, 15) is 4.79 Å². The van der Waals surface area contributed by atoms with Crippen molar-refractivity contribution in [2.75, 3.05) is 19.7 Å². The highest BCUT2D eigenvalue weighted by Crippen LogP contribution is 2.43. The van der Waals surface area contributed by atoms with Crippen LogP contribution in [0.1, 0.15) is 39.0 Å². The molecule has 0 radical (unpaired) electrons. The molecule has 2 rings (SSSR count). The number of amidine groups is 1. The van der Waals surface area contributed by atoms with Gasteiger partial charge in [-0.2, -0.15) is 0 Å². The number of likely N-dealkylation sites (tertiary alicyclic amines) is 1. The van der Waals surface area contributed by atoms with Crippen LogP contribution in [0.2, 0.25) is 0 Å². The molecule has 1 amide bonds. The summed E-state index contributed by atoms with van der Waals surface area (Å²) < 4.78 is 5.61. The number of nitrogens with two attached hydrogens (primary N) is 1. The maximum atomic E-state index is 12.7. The number of nitrogens with zero attached hydrogens (tertiary/aromatic N) is 2. The number of hydrogen-bond donors (Lipinski definition) is 2. The van der Waals surface area contributed by atoms with Crippen LogP contribution in [-0.2, 0) is 9.53 Å². The second kappa shape index (κ2) is 5.77. The average Bonchev–Trinajstić information content (AvgIpc) is 2.37. The number of carbonyl (C=O) groups excluding carboxylic acids is 1. The van der Waals surface area contributed by atoms with Gasteiger partial charge in [0.05, 0.1) is 6.10 Å². The van der Waals surface area contributed by atoms with Crippen molar-refractivity contribution in [2.45, 2.75) is 45.1 Å². The van der Waals surface area contributed by atoms with Crippen LogP contribution < -0.4 is 5.73 Å². The smallest absolute Gasteiger partial charge is 0.236 e.